The van der Waals surface area contributed by atoms with Crippen molar-refractivity contribution in [3.8, 4) is 0 Å². The summed E-state index contributed by atoms with van der Waals surface area (Å²) in [6.45, 7) is 8.68. The van der Waals surface area contributed by atoms with E-state index < -0.39 is 5.54 Å². The van der Waals surface area contributed by atoms with Crippen LogP contribution in [0.3, 0.4) is 0 Å². The van der Waals surface area contributed by atoms with Gasteiger partial charge in [-0.2, -0.15) is 0 Å². The number of carbonyl (C=O) groups excluding carboxylic acids is 1. The smallest absolute Gasteiger partial charge is 0.240 e. The van der Waals surface area contributed by atoms with Gasteiger partial charge in [-0.3, -0.25) is 4.79 Å². The van der Waals surface area contributed by atoms with Gasteiger partial charge in [0.25, 0.3) is 0 Å². The zero-order valence-corrected chi connectivity index (χ0v) is 17.0. The number of piperidine rings is 1. The molecule has 0 unspecified atom stereocenters. The Morgan fingerprint density at radius 3 is 2.08 bits per heavy atom. The number of hydrogen-bond acceptors (Lipinski definition) is 3. The van der Waals surface area contributed by atoms with Crippen LogP contribution in [-0.2, 0) is 10.2 Å². The van der Waals surface area contributed by atoms with Crippen LogP contribution in [0.4, 0.5) is 5.69 Å². The third kappa shape index (κ3) is 5.25. The van der Waals surface area contributed by atoms with Crippen LogP contribution < -0.4 is 16.0 Å². The molecule has 0 aromatic heterocycles. The monoisotopic (exact) mass is 387 g/mol. The lowest BCUT2D eigenvalue weighted by molar-refractivity contribution is -0.124. The summed E-state index contributed by atoms with van der Waals surface area (Å²) < 4.78 is 0. The average molecular weight is 388 g/mol. The number of benzene rings is 1. The molecule has 25 heavy (non-hydrogen) atoms. The zero-order chi connectivity index (χ0) is 16.7. The first-order valence-electron chi connectivity index (χ1n) is 8.73. The number of hydrogen-bond donors (Lipinski definition) is 2. The summed E-state index contributed by atoms with van der Waals surface area (Å²) >= 11 is 0. The fourth-order valence-electron chi connectivity index (χ4n) is 3.15. The van der Waals surface area contributed by atoms with Crippen molar-refractivity contribution in [1.29, 1.82) is 0 Å². The molecule has 1 saturated carbocycles. The highest BCUT2D eigenvalue weighted by molar-refractivity contribution is 5.89. The molecule has 0 radical (unpaired) electrons. The molecule has 2 aliphatic rings. The summed E-state index contributed by atoms with van der Waals surface area (Å²) in [7, 11) is 0. The van der Waals surface area contributed by atoms with Crippen LogP contribution in [0, 0.1) is 0 Å². The minimum Gasteiger partial charge on any atom is -0.371 e. The first-order chi connectivity index (χ1) is 10.8. The largest absolute Gasteiger partial charge is 0.371 e. The summed E-state index contributed by atoms with van der Waals surface area (Å²) in [6, 6.07) is 9.17. The van der Waals surface area contributed by atoms with Gasteiger partial charge < -0.3 is 16.0 Å². The van der Waals surface area contributed by atoms with Crippen molar-refractivity contribution in [2.24, 2.45) is 5.73 Å². The van der Waals surface area contributed by atoms with Crippen molar-refractivity contribution in [2.75, 3.05) is 18.0 Å². The Morgan fingerprint density at radius 1 is 1.12 bits per heavy atom. The highest BCUT2D eigenvalue weighted by Crippen LogP contribution is 2.32. The van der Waals surface area contributed by atoms with Gasteiger partial charge in [-0.1, -0.05) is 32.9 Å². The molecule has 1 aromatic carbocycles. The summed E-state index contributed by atoms with van der Waals surface area (Å²) in [5.41, 5.74) is 8.23. The minimum absolute atomic E-state index is 0. The summed E-state index contributed by atoms with van der Waals surface area (Å²) in [6.07, 6.45) is 3.64. The van der Waals surface area contributed by atoms with Gasteiger partial charge in [0.2, 0.25) is 5.91 Å². The van der Waals surface area contributed by atoms with E-state index in [1.54, 1.807) is 0 Å². The van der Waals surface area contributed by atoms with Gasteiger partial charge in [0.1, 0.15) is 0 Å². The molecule has 1 aliphatic heterocycles. The third-order valence-corrected chi connectivity index (χ3v) is 5.17. The van der Waals surface area contributed by atoms with Crippen molar-refractivity contribution in [3.63, 3.8) is 0 Å². The van der Waals surface area contributed by atoms with Crippen molar-refractivity contribution in [1.82, 2.24) is 5.32 Å². The van der Waals surface area contributed by atoms with Crippen LogP contribution in [-0.4, -0.2) is 30.6 Å². The van der Waals surface area contributed by atoms with Crippen molar-refractivity contribution >= 4 is 36.4 Å². The van der Waals surface area contributed by atoms with E-state index in [0.29, 0.717) is 0 Å². The van der Waals surface area contributed by atoms with Crippen LogP contribution in [0.25, 0.3) is 0 Å². The van der Waals surface area contributed by atoms with Crippen molar-refractivity contribution < 1.29 is 4.79 Å². The second-order valence-corrected chi connectivity index (χ2v) is 8.19. The van der Waals surface area contributed by atoms with Crippen LogP contribution in [0.1, 0.15) is 52.0 Å². The molecular weight excluding hydrogens is 357 g/mol. The second-order valence-electron chi connectivity index (χ2n) is 8.19. The maximum atomic E-state index is 12.0. The molecule has 1 heterocycles. The lowest BCUT2D eigenvalue weighted by Gasteiger charge is -2.34. The van der Waals surface area contributed by atoms with E-state index in [1.807, 2.05) is 0 Å². The van der Waals surface area contributed by atoms with Crippen LogP contribution in [0.2, 0.25) is 0 Å². The second kappa shape index (κ2) is 8.15. The highest BCUT2D eigenvalue weighted by atomic mass is 35.5. The van der Waals surface area contributed by atoms with Crippen LogP contribution in [0.5, 0.6) is 0 Å². The Balaban J connectivity index is 0.00000156. The van der Waals surface area contributed by atoms with E-state index in [2.05, 4.69) is 55.3 Å². The molecule has 0 spiro atoms. The molecule has 0 atom stereocenters. The fraction of sp³-hybridized carbons (Fsp3) is 0.632. The number of nitrogens with one attached hydrogen (secondary N) is 1. The van der Waals surface area contributed by atoms with Gasteiger partial charge >= 0.3 is 0 Å². The van der Waals surface area contributed by atoms with Gasteiger partial charge in [-0.25, -0.2) is 0 Å². The Kier molecular flexibility index (Phi) is 7.20. The lowest BCUT2D eigenvalue weighted by Crippen LogP contribution is -2.50. The molecule has 0 bridgehead atoms. The van der Waals surface area contributed by atoms with Crippen molar-refractivity contribution in [2.45, 2.75) is 63.5 Å². The van der Waals surface area contributed by atoms with Gasteiger partial charge in [0.15, 0.2) is 0 Å². The molecule has 2 fully saturated rings. The van der Waals surface area contributed by atoms with E-state index >= 15 is 0 Å². The zero-order valence-electron chi connectivity index (χ0n) is 15.4. The maximum absolute atomic E-state index is 12.0. The molecule has 6 heteroatoms. The van der Waals surface area contributed by atoms with Gasteiger partial charge in [-0.05, 0) is 48.8 Å². The highest BCUT2D eigenvalue weighted by Gasteiger charge is 2.46. The summed E-state index contributed by atoms with van der Waals surface area (Å²) in [5, 5.41) is 3.13. The van der Waals surface area contributed by atoms with E-state index in [1.165, 1.54) is 11.3 Å². The number of nitrogens with zero attached hydrogens (tertiary/aromatic N) is 1. The third-order valence-electron chi connectivity index (χ3n) is 5.17. The van der Waals surface area contributed by atoms with E-state index in [-0.39, 0.29) is 42.2 Å². The Hall–Kier alpha value is -0.970. The van der Waals surface area contributed by atoms with Gasteiger partial charge in [0.05, 0.1) is 5.54 Å². The molecule has 3 N–H and O–H groups in total. The molecule has 142 valence electrons. The average Bonchev–Trinajstić information content (AvgIpc) is 3.27. The fourth-order valence-corrected chi connectivity index (χ4v) is 3.15. The standard InChI is InChI=1S/C19H29N3O.2ClH/c1-18(2,3)14-4-6-16(7-5-14)22-12-8-15(9-13-22)21-17(23)19(20)10-11-19;;/h4-7,15H,8-13,20H2,1-3H3,(H,21,23);2*1H. The quantitative estimate of drug-likeness (QED) is 0.835. The Morgan fingerprint density at radius 2 is 1.64 bits per heavy atom. The lowest BCUT2D eigenvalue weighted by atomic mass is 9.87. The van der Waals surface area contributed by atoms with E-state index in [0.717, 1.165) is 38.8 Å². The van der Waals surface area contributed by atoms with Crippen molar-refractivity contribution in [3.05, 3.63) is 29.8 Å². The minimum atomic E-state index is -0.556. The normalized spacial score (nSPS) is 19.4. The van der Waals surface area contributed by atoms with Gasteiger partial charge in [0, 0.05) is 24.8 Å². The number of anilines is 1. The number of rotatable bonds is 3. The first-order valence-corrected chi connectivity index (χ1v) is 8.73. The molecule has 3 rings (SSSR count). The van der Waals surface area contributed by atoms with E-state index in [9.17, 15) is 4.79 Å². The summed E-state index contributed by atoms with van der Waals surface area (Å²) in [5.74, 6) is 0.0467. The Labute approximate surface area is 163 Å². The molecule has 4 nitrogen and oxygen atoms in total. The van der Waals surface area contributed by atoms with Crippen LogP contribution in [0.15, 0.2) is 24.3 Å². The molecular formula is C19H31Cl2N3O. The molecule has 1 aromatic rings. The van der Waals surface area contributed by atoms with Gasteiger partial charge in [-0.15, -0.1) is 24.8 Å². The Bertz CT molecular complexity index is 571. The molecule has 1 amide bonds. The predicted molar refractivity (Wildman–Crippen MR) is 109 cm³/mol. The predicted octanol–water partition coefficient (Wildman–Crippen LogP) is 3.40. The molecule has 1 aliphatic carbocycles. The van der Waals surface area contributed by atoms with Crippen LogP contribution >= 0.6 is 24.8 Å². The number of carbonyl (C=O) groups is 1. The number of amides is 1. The number of nitrogens with two attached hydrogens (primary N) is 1. The topological polar surface area (TPSA) is 58.4 Å². The maximum Gasteiger partial charge on any atom is 0.240 e. The summed E-state index contributed by atoms with van der Waals surface area (Å²) in [4.78, 5) is 14.4. The SMILES string of the molecule is CC(C)(C)c1ccc(N2CCC(NC(=O)C3(N)CC3)CC2)cc1.Cl.Cl. The number of halogens is 2. The first kappa shape index (κ1) is 22.1. The van der Waals surface area contributed by atoms with E-state index in [4.69, 9.17) is 5.73 Å². The molecule has 1 saturated heterocycles.